The van der Waals surface area contributed by atoms with Gasteiger partial charge in [-0.25, -0.2) is 8.42 Å². The summed E-state index contributed by atoms with van der Waals surface area (Å²) >= 11 is 0. The van der Waals surface area contributed by atoms with Gasteiger partial charge in [-0.05, 0) is 44.0 Å². The van der Waals surface area contributed by atoms with E-state index < -0.39 is 10.0 Å². The predicted molar refractivity (Wildman–Crippen MR) is 103 cm³/mol. The standard InChI is InChI=1S/C20H24N2O4S/c1-14-12-15(2)19(16(3)13-14)27(25,26)22-10-8-21(9-11-22)20(24)17-6-4-5-7-18(17)23/h4-7,12-13,23H,8-11H2,1-3H3. The van der Waals surface area contributed by atoms with E-state index in [1.807, 2.05) is 32.9 Å². The first-order valence-corrected chi connectivity index (χ1v) is 10.3. The van der Waals surface area contributed by atoms with Gasteiger partial charge in [0.05, 0.1) is 10.5 Å². The van der Waals surface area contributed by atoms with E-state index in [0.29, 0.717) is 4.90 Å². The summed E-state index contributed by atoms with van der Waals surface area (Å²) in [4.78, 5) is 14.5. The summed E-state index contributed by atoms with van der Waals surface area (Å²) in [5.74, 6) is -0.351. The number of aromatic hydroxyl groups is 1. The normalized spacial score (nSPS) is 15.7. The zero-order valence-corrected chi connectivity index (χ0v) is 16.6. The van der Waals surface area contributed by atoms with Gasteiger partial charge in [-0.15, -0.1) is 0 Å². The molecule has 144 valence electrons. The Morgan fingerprint density at radius 2 is 1.52 bits per heavy atom. The number of rotatable bonds is 3. The summed E-state index contributed by atoms with van der Waals surface area (Å²) < 4.78 is 27.7. The number of sulfonamides is 1. The number of para-hydroxylation sites is 1. The molecular weight excluding hydrogens is 364 g/mol. The molecule has 1 saturated heterocycles. The van der Waals surface area contributed by atoms with Crippen molar-refractivity contribution >= 4 is 15.9 Å². The van der Waals surface area contributed by atoms with Crippen molar-refractivity contribution < 1.29 is 18.3 Å². The summed E-state index contributed by atoms with van der Waals surface area (Å²) in [6, 6.07) is 10.1. The van der Waals surface area contributed by atoms with Gasteiger partial charge in [0.15, 0.2) is 0 Å². The third-order valence-corrected chi connectivity index (χ3v) is 7.07. The van der Waals surface area contributed by atoms with E-state index in [2.05, 4.69) is 0 Å². The molecule has 1 amide bonds. The lowest BCUT2D eigenvalue weighted by Gasteiger charge is -2.34. The minimum Gasteiger partial charge on any atom is -0.507 e. The molecule has 1 heterocycles. The Bertz CT molecular complexity index is 954. The number of carbonyl (C=O) groups is 1. The second-order valence-electron chi connectivity index (χ2n) is 6.94. The first-order chi connectivity index (χ1) is 12.7. The number of piperazine rings is 1. The highest BCUT2D eigenvalue weighted by Crippen LogP contribution is 2.26. The van der Waals surface area contributed by atoms with Gasteiger partial charge in [0.2, 0.25) is 10.0 Å². The van der Waals surface area contributed by atoms with E-state index in [1.165, 1.54) is 10.4 Å². The SMILES string of the molecule is Cc1cc(C)c(S(=O)(=O)N2CCN(C(=O)c3ccccc3O)CC2)c(C)c1. The molecule has 7 heteroatoms. The van der Waals surface area contributed by atoms with E-state index in [4.69, 9.17) is 0 Å². The summed E-state index contributed by atoms with van der Waals surface area (Å²) in [5, 5.41) is 9.87. The highest BCUT2D eigenvalue weighted by molar-refractivity contribution is 7.89. The van der Waals surface area contributed by atoms with Crippen LogP contribution in [-0.2, 0) is 10.0 Å². The monoisotopic (exact) mass is 388 g/mol. The molecule has 27 heavy (non-hydrogen) atoms. The number of nitrogens with zero attached hydrogens (tertiary/aromatic N) is 2. The van der Waals surface area contributed by atoms with Crippen LogP contribution in [0.4, 0.5) is 0 Å². The fourth-order valence-electron chi connectivity index (χ4n) is 3.66. The molecule has 0 aliphatic carbocycles. The molecule has 2 aromatic carbocycles. The lowest BCUT2D eigenvalue weighted by atomic mass is 10.1. The van der Waals surface area contributed by atoms with Gasteiger partial charge in [0, 0.05) is 26.2 Å². The first-order valence-electron chi connectivity index (χ1n) is 8.87. The lowest BCUT2D eigenvalue weighted by Crippen LogP contribution is -2.50. The molecule has 0 aromatic heterocycles. The molecule has 1 aliphatic heterocycles. The largest absolute Gasteiger partial charge is 0.507 e. The minimum atomic E-state index is -3.62. The van der Waals surface area contributed by atoms with Crippen LogP contribution in [0.5, 0.6) is 5.75 Å². The van der Waals surface area contributed by atoms with Crippen molar-refractivity contribution in [3.8, 4) is 5.75 Å². The second kappa shape index (κ2) is 7.32. The van der Waals surface area contributed by atoms with Crippen LogP contribution in [0.1, 0.15) is 27.0 Å². The molecule has 1 N–H and O–H groups in total. The second-order valence-corrected chi connectivity index (χ2v) is 8.82. The summed E-state index contributed by atoms with van der Waals surface area (Å²) in [6.45, 7) is 6.60. The van der Waals surface area contributed by atoms with Crippen molar-refractivity contribution in [3.63, 3.8) is 0 Å². The van der Waals surface area contributed by atoms with E-state index in [9.17, 15) is 18.3 Å². The van der Waals surface area contributed by atoms with Gasteiger partial charge in [-0.2, -0.15) is 4.31 Å². The molecule has 0 bridgehead atoms. The van der Waals surface area contributed by atoms with Crippen LogP contribution in [0.2, 0.25) is 0 Å². The molecule has 1 aliphatic rings. The fourth-order valence-corrected chi connectivity index (χ4v) is 5.49. The minimum absolute atomic E-state index is 0.0662. The number of benzene rings is 2. The molecule has 6 nitrogen and oxygen atoms in total. The number of phenols is 1. The van der Waals surface area contributed by atoms with E-state index in [-0.39, 0.29) is 43.4 Å². The van der Waals surface area contributed by atoms with Crippen LogP contribution in [0, 0.1) is 20.8 Å². The Morgan fingerprint density at radius 1 is 0.963 bits per heavy atom. The molecular formula is C20H24N2O4S. The van der Waals surface area contributed by atoms with Gasteiger partial charge in [-0.1, -0.05) is 29.8 Å². The van der Waals surface area contributed by atoms with Crippen LogP contribution >= 0.6 is 0 Å². The van der Waals surface area contributed by atoms with E-state index >= 15 is 0 Å². The summed E-state index contributed by atoms with van der Waals surface area (Å²) in [5.41, 5.74) is 2.74. The van der Waals surface area contributed by atoms with Gasteiger partial charge < -0.3 is 10.0 Å². The number of hydrogen-bond acceptors (Lipinski definition) is 4. The highest BCUT2D eigenvalue weighted by atomic mass is 32.2. The molecule has 0 atom stereocenters. The Morgan fingerprint density at radius 3 is 2.07 bits per heavy atom. The van der Waals surface area contributed by atoms with E-state index in [1.54, 1.807) is 23.1 Å². The Balaban J connectivity index is 1.78. The maximum Gasteiger partial charge on any atom is 0.257 e. The Hall–Kier alpha value is -2.38. The number of carbonyl (C=O) groups excluding carboxylic acids is 1. The van der Waals surface area contributed by atoms with Gasteiger partial charge in [-0.3, -0.25) is 4.79 Å². The predicted octanol–water partition coefficient (Wildman–Crippen LogP) is 2.46. The molecule has 3 rings (SSSR count). The fraction of sp³-hybridized carbons (Fsp3) is 0.350. The van der Waals surface area contributed by atoms with Crippen molar-refractivity contribution in [1.29, 1.82) is 0 Å². The Kier molecular flexibility index (Phi) is 5.26. The van der Waals surface area contributed by atoms with Crippen molar-refractivity contribution in [2.24, 2.45) is 0 Å². The zero-order valence-electron chi connectivity index (χ0n) is 15.8. The van der Waals surface area contributed by atoms with E-state index in [0.717, 1.165) is 16.7 Å². The van der Waals surface area contributed by atoms with Crippen LogP contribution in [-0.4, -0.2) is 54.8 Å². The van der Waals surface area contributed by atoms with Gasteiger partial charge >= 0.3 is 0 Å². The third kappa shape index (κ3) is 3.70. The number of aryl methyl sites for hydroxylation is 3. The zero-order chi connectivity index (χ0) is 19.8. The molecule has 0 radical (unpaired) electrons. The maximum atomic E-state index is 13.1. The topological polar surface area (TPSA) is 77.9 Å². The smallest absolute Gasteiger partial charge is 0.257 e. The van der Waals surface area contributed by atoms with Gasteiger partial charge in [0.1, 0.15) is 5.75 Å². The average Bonchev–Trinajstić information content (AvgIpc) is 2.60. The van der Waals surface area contributed by atoms with Crippen LogP contribution in [0.15, 0.2) is 41.3 Å². The average molecular weight is 388 g/mol. The number of hydrogen-bond donors (Lipinski definition) is 1. The van der Waals surface area contributed by atoms with Crippen molar-refractivity contribution in [3.05, 3.63) is 58.7 Å². The van der Waals surface area contributed by atoms with Crippen LogP contribution in [0.25, 0.3) is 0 Å². The first kappa shape index (κ1) is 19.4. The summed E-state index contributed by atoms with van der Waals surface area (Å²) in [7, 11) is -3.62. The van der Waals surface area contributed by atoms with Crippen LogP contribution < -0.4 is 0 Å². The molecule has 0 unspecified atom stereocenters. The lowest BCUT2D eigenvalue weighted by molar-refractivity contribution is 0.0695. The van der Waals surface area contributed by atoms with Crippen LogP contribution in [0.3, 0.4) is 0 Å². The Labute approximate surface area is 160 Å². The van der Waals surface area contributed by atoms with Crippen molar-refractivity contribution in [2.45, 2.75) is 25.7 Å². The third-order valence-electron chi connectivity index (χ3n) is 4.86. The molecule has 0 spiro atoms. The number of amides is 1. The van der Waals surface area contributed by atoms with Crippen molar-refractivity contribution in [1.82, 2.24) is 9.21 Å². The molecule has 2 aromatic rings. The summed E-state index contributed by atoms with van der Waals surface area (Å²) in [6.07, 6.45) is 0. The highest BCUT2D eigenvalue weighted by Gasteiger charge is 2.32. The quantitative estimate of drug-likeness (QED) is 0.876. The number of phenolic OH excluding ortho intramolecular Hbond substituents is 1. The van der Waals surface area contributed by atoms with Crippen molar-refractivity contribution in [2.75, 3.05) is 26.2 Å². The maximum absolute atomic E-state index is 13.1. The molecule has 1 fully saturated rings. The van der Waals surface area contributed by atoms with Gasteiger partial charge in [0.25, 0.3) is 5.91 Å². The molecule has 0 saturated carbocycles.